The van der Waals surface area contributed by atoms with Crippen molar-refractivity contribution in [1.82, 2.24) is 0 Å². The molecule has 5 fully saturated rings. The van der Waals surface area contributed by atoms with Crippen LogP contribution in [0.25, 0.3) is 0 Å². The summed E-state index contributed by atoms with van der Waals surface area (Å²) in [4.78, 5) is -4.90. The van der Waals surface area contributed by atoms with Crippen LogP contribution in [-0.2, 0) is 9.47 Å². The molecule has 0 amide bonds. The van der Waals surface area contributed by atoms with Crippen LogP contribution in [0.1, 0.15) is 0 Å². The topological polar surface area (TPSA) is 58.9 Å². The summed E-state index contributed by atoms with van der Waals surface area (Å²) in [6, 6.07) is 0. The van der Waals surface area contributed by atoms with Crippen molar-refractivity contribution >= 4 is 46.4 Å². The standard InChI is InChI=1S/C13H14Cl4O4/c1-20-13(21-2)11(16)5-6-8(19)4-3(7(5)18)9(11,14)10(4,15)12(6,13)17/h3-8,18-19H,1-2H3/t3-,4+,5-,6-,7-,8-,9+,10+,11+,12-/m0/s1. The van der Waals surface area contributed by atoms with Crippen LogP contribution in [0.5, 0.6) is 0 Å². The molecular weight excluding hydrogens is 362 g/mol. The molecule has 2 bridgehead atoms. The molecule has 0 radical (unpaired) electrons. The van der Waals surface area contributed by atoms with Crippen molar-refractivity contribution in [3.63, 3.8) is 0 Å². The van der Waals surface area contributed by atoms with Crippen LogP contribution in [0.4, 0.5) is 0 Å². The van der Waals surface area contributed by atoms with E-state index in [-0.39, 0.29) is 0 Å². The SMILES string of the molecule is COC1(OC)[C@]2(Cl)[C@@H]3[C@@H](O)[C@H]4[C@H]5[C@H](O)[C@H]3[C@@]1(Cl)[C@]5(Cl)[C@]42Cl. The van der Waals surface area contributed by atoms with E-state index in [0.29, 0.717) is 0 Å². The number of methoxy groups -OCH3 is 2. The number of hydrogen-bond acceptors (Lipinski definition) is 4. The average molecular weight is 376 g/mol. The van der Waals surface area contributed by atoms with E-state index in [1.807, 2.05) is 0 Å². The summed E-state index contributed by atoms with van der Waals surface area (Å²) in [6.45, 7) is 0. The van der Waals surface area contributed by atoms with Crippen LogP contribution in [0.2, 0.25) is 0 Å². The lowest BCUT2D eigenvalue weighted by molar-refractivity contribution is -0.225. The minimum Gasteiger partial charge on any atom is -0.392 e. The predicted molar refractivity (Wildman–Crippen MR) is 77.1 cm³/mol. The van der Waals surface area contributed by atoms with Gasteiger partial charge in [0.05, 0.1) is 22.0 Å². The Kier molecular flexibility index (Phi) is 2.21. The molecule has 10 atom stereocenters. The van der Waals surface area contributed by atoms with E-state index >= 15 is 0 Å². The highest BCUT2D eigenvalue weighted by atomic mass is 35.5. The number of aliphatic hydroxyl groups excluding tert-OH is 2. The van der Waals surface area contributed by atoms with Gasteiger partial charge in [0, 0.05) is 37.9 Å². The van der Waals surface area contributed by atoms with E-state index in [0.717, 1.165) is 0 Å². The second-order valence-corrected chi connectivity index (χ2v) is 9.34. The van der Waals surface area contributed by atoms with Crippen LogP contribution in [0.15, 0.2) is 0 Å². The van der Waals surface area contributed by atoms with Gasteiger partial charge in [0.15, 0.2) is 0 Å². The molecule has 5 aliphatic rings. The third-order valence-electron chi connectivity index (χ3n) is 7.20. The molecule has 0 unspecified atom stereocenters. The Balaban J connectivity index is 1.94. The third-order valence-corrected chi connectivity index (χ3v) is 10.8. The number of rotatable bonds is 2. The van der Waals surface area contributed by atoms with Crippen LogP contribution in [0.3, 0.4) is 0 Å². The molecule has 5 rings (SSSR count). The Morgan fingerprint density at radius 1 is 0.667 bits per heavy atom. The summed E-state index contributed by atoms with van der Waals surface area (Å²) in [5, 5.41) is 21.4. The van der Waals surface area contributed by atoms with Crippen LogP contribution < -0.4 is 0 Å². The maximum atomic E-state index is 10.7. The Hall–Kier alpha value is 1.00. The Labute approximate surface area is 141 Å². The Bertz CT molecular complexity index is 541. The molecule has 4 nitrogen and oxygen atoms in total. The van der Waals surface area contributed by atoms with Crippen molar-refractivity contribution in [3.05, 3.63) is 0 Å². The Morgan fingerprint density at radius 2 is 0.952 bits per heavy atom. The zero-order valence-electron chi connectivity index (χ0n) is 11.2. The van der Waals surface area contributed by atoms with Crippen LogP contribution >= 0.6 is 46.4 Å². The number of fused-ring (bicyclic) bond motifs is 2. The van der Waals surface area contributed by atoms with Gasteiger partial charge < -0.3 is 19.7 Å². The van der Waals surface area contributed by atoms with Gasteiger partial charge in [-0.25, -0.2) is 0 Å². The average Bonchev–Trinajstić information content (AvgIpc) is 2.73. The number of alkyl halides is 4. The number of halogens is 4. The molecule has 0 aliphatic heterocycles. The van der Waals surface area contributed by atoms with Crippen molar-refractivity contribution < 1.29 is 19.7 Å². The summed E-state index contributed by atoms with van der Waals surface area (Å²) >= 11 is 27.8. The molecule has 118 valence electrons. The van der Waals surface area contributed by atoms with Gasteiger partial charge >= 0.3 is 0 Å². The van der Waals surface area contributed by atoms with Gasteiger partial charge in [-0.3, -0.25) is 0 Å². The third kappa shape index (κ3) is 0.758. The first kappa shape index (κ1) is 14.4. The first-order chi connectivity index (χ1) is 9.68. The van der Waals surface area contributed by atoms with Gasteiger partial charge in [0.1, 0.15) is 9.75 Å². The number of ether oxygens (including phenoxy) is 2. The van der Waals surface area contributed by atoms with Crippen molar-refractivity contribution in [1.29, 1.82) is 0 Å². The quantitative estimate of drug-likeness (QED) is 0.561. The molecule has 0 spiro atoms. The molecule has 0 aromatic rings. The molecule has 5 saturated carbocycles. The van der Waals surface area contributed by atoms with E-state index in [1.54, 1.807) is 0 Å². The molecule has 21 heavy (non-hydrogen) atoms. The highest BCUT2D eigenvalue weighted by Gasteiger charge is 3.11. The fourth-order valence-corrected chi connectivity index (χ4v) is 10.4. The first-order valence-corrected chi connectivity index (χ1v) is 8.41. The lowest BCUT2D eigenvalue weighted by Crippen LogP contribution is -2.74. The maximum absolute atomic E-state index is 10.7. The Morgan fingerprint density at radius 3 is 1.24 bits per heavy atom. The second kappa shape index (κ2) is 3.23. The minimum absolute atomic E-state index is 0.404. The van der Waals surface area contributed by atoms with Crippen molar-refractivity contribution in [3.8, 4) is 0 Å². The second-order valence-electron chi connectivity index (χ2n) is 6.96. The molecule has 0 saturated heterocycles. The van der Waals surface area contributed by atoms with Crippen molar-refractivity contribution in [2.24, 2.45) is 23.7 Å². The first-order valence-electron chi connectivity index (χ1n) is 6.90. The molecule has 0 heterocycles. The molecule has 8 heteroatoms. The van der Waals surface area contributed by atoms with E-state index in [9.17, 15) is 10.2 Å². The highest BCUT2D eigenvalue weighted by molar-refractivity contribution is 6.51. The number of hydrogen-bond donors (Lipinski definition) is 2. The van der Waals surface area contributed by atoms with Crippen molar-refractivity contribution in [2.45, 2.75) is 37.5 Å². The summed E-state index contributed by atoms with van der Waals surface area (Å²) in [5.41, 5.74) is 0. The normalized spacial score (nSPS) is 74.3. The summed E-state index contributed by atoms with van der Waals surface area (Å²) in [5.74, 6) is -3.29. The molecule has 5 aliphatic carbocycles. The van der Waals surface area contributed by atoms with Gasteiger partial charge in [0.25, 0.3) is 0 Å². The maximum Gasteiger partial charge on any atom is 0.211 e. The monoisotopic (exact) mass is 374 g/mol. The zero-order valence-corrected chi connectivity index (χ0v) is 14.2. The lowest BCUT2D eigenvalue weighted by Gasteiger charge is -2.60. The van der Waals surface area contributed by atoms with Crippen molar-refractivity contribution in [2.75, 3.05) is 14.2 Å². The zero-order chi connectivity index (χ0) is 15.4. The fraction of sp³-hybridized carbons (Fsp3) is 1.00. The van der Waals surface area contributed by atoms with E-state index in [4.69, 9.17) is 55.9 Å². The molecular formula is C13H14Cl4O4. The van der Waals surface area contributed by atoms with Gasteiger partial charge in [-0.1, -0.05) is 0 Å². The van der Waals surface area contributed by atoms with E-state index < -0.39 is 61.2 Å². The fourth-order valence-electron chi connectivity index (χ4n) is 6.98. The van der Waals surface area contributed by atoms with Gasteiger partial charge in [-0.05, 0) is 0 Å². The van der Waals surface area contributed by atoms with E-state index in [1.165, 1.54) is 14.2 Å². The van der Waals surface area contributed by atoms with Crippen LogP contribution in [0, 0.1) is 23.7 Å². The van der Waals surface area contributed by atoms with Gasteiger partial charge in [0.2, 0.25) is 5.79 Å². The van der Waals surface area contributed by atoms with Crippen LogP contribution in [-0.4, -0.2) is 61.9 Å². The summed E-state index contributed by atoms with van der Waals surface area (Å²) in [7, 11) is 2.89. The lowest BCUT2D eigenvalue weighted by atomic mass is 9.57. The van der Waals surface area contributed by atoms with Gasteiger partial charge in [-0.2, -0.15) is 0 Å². The minimum atomic E-state index is -1.45. The number of aliphatic hydroxyl groups is 2. The van der Waals surface area contributed by atoms with Gasteiger partial charge in [-0.15, -0.1) is 46.4 Å². The molecule has 0 aromatic carbocycles. The molecule has 2 N–H and O–H groups in total. The predicted octanol–water partition coefficient (Wildman–Crippen LogP) is 1.14. The summed E-state index contributed by atoms with van der Waals surface area (Å²) in [6.07, 6.45) is -1.53. The highest BCUT2D eigenvalue weighted by Crippen LogP contribution is 2.97. The molecule has 0 aromatic heterocycles. The smallest absolute Gasteiger partial charge is 0.211 e. The van der Waals surface area contributed by atoms with E-state index in [2.05, 4.69) is 0 Å². The summed E-state index contributed by atoms with van der Waals surface area (Å²) < 4.78 is 11.3. The largest absolute Gasteiger partial charge is 0.392 e.